The van der Waals surface area contributed by atoms with Gasteiger partial charge in [0.05, 0.1) is 5.56 Å². The van der Waals surface area contributed by atoms with Crippen LogP contribution in [0.25, 0.3) is 0 Å². The minimum absolute atomic E-state index is 0.0932. The molecule has 3 rings (SSSR count). The zero-order valence-electron chi connectivity index (χ0n) is 14.6. The summed E-state index contributed by atoms with van der Waals surface area (Å²) in [5.41, 5.74) is 2.93. The molecule has 2 heterocycles. The lowest BCUT2D eigenvalue weighted by atomic mass is 10.1. The van der Waals surface area contributed by atoms with E-state index < -0.39 is 0 Å². The van der Waals surface area contributed by atoms with Gasteiger partial charge in [-0.05, 0) is 42.2 Å². The molecule has 3 aromatic rings. The number of nitrogens with one attached hydrogen (secondary N) is 2. The maximum Gasteiger partial charge on any atom is 0.252 e. The molecule has 1 amide bonds. The summed E-state index contributed by atoms with van der Waals surface area (Å²) in [7, 11) is 0. The maximum absolute atomic E-state index is 12.2. The van der Waals surface area contributed by atoms with E-state index in [1.54, 1.807) is 18.5 Å². The fourth-order valence-corrected chi connectivity index (χ4v) is 2.57. The molecule has 5 heteroatoms. The zero-order chi connectivity index (χ0) is 18.0. The average Bonchev–Trinajstić information content (AvgIpc) is 2.71. The van der Waals surface area contributed by atoms with E-state index in [1.807, 2.05) is 42.6 Å². The minimum atomic E-state index is -0.0932. The van der Waals surface area contributed by atoms with E-state index in [2.05, 4.69) is 32.7 Å². The third-order valence-electron chi connectivity index (χ3n) is 3.99. The van der Waals surface area contributed by atoms with Crippen molar-refractivity contribution in [2.45, 2.75) is 19.4 Å². The van der Waals surface area contributed by atoms with Crippen LogP contribution in [0.3, 0.4) is 0 Å². The van der Waals surface area contributed by atoms with Crippen molar-refractivity contribution in [2.75, 3.05) is 11.9 Å². The van der Waals surface area contributed by atoms with Gasteiger partial charge in [0.1, 0.15) is 5.82 Å². The highest BCUT2D eigenvalue weighted by molar-refractivity contribution is 5.94. The molecule has 0 aliphatic rings. The maximum atomic E-state index is 12.2. The fourth-order valence-electron chi connectivity index (χ4n) is 2.57. The van der Waals surface area contributed by atoms with Crippen LogP contribution in [0.4, 0.5) is 5.82 Å². The van der Waals surface area contributed by atoms with E-state index in [9.17, 15) is 4.79 Å². The number of carbonyl (C=O) groups excluding carboxylic acids is 1. The first-order valence-corrected chi connectivity index (χ1v) is 8.72. The molecule has 0 saturated heterocycles. The summed E-state index contributed by atoms with van der Waals surface area (Å²) in [6, 6.07) is 17.8. The van der Waals surface area contributed by atoms with Gasteiger partial charge in [0.25, 0.3) is 5.91 Å². The molecule has 1 aromatic carbocycles. The Labute approximate surface area is 153 Å². The summed E-state index contributed by atoms with van der Waals surface area (Å²) in [5, 5.41) is 6.15. The van der Waals surface area contributed by atoms with Gasteiger partial charge < -0.3 is 10.6 Å². The van der Waals surface area contributed by atoms with Crippen molar-refractivity contribution in [2.24, 2.45) is 0 Å². The van der Waals surface area contributed by atoms with Crippen molar-refractivity contribution in [3.8, 4) is 0 Å². The van der Waals surface area contributed by atoms with Gasteiger partial charge in [-0.3, -0.25) is 9.78 Å². The standard InChI is InChI=1S/C21H22N4O/c26-21(23-13-5-8-17-6-2-1-3-7-17)19-10-11-20(25-16-19)24-15-18-9-4-12-22-14-18/h1-4,6-7,9-12,14,16H,5,8,13,15H2,(H,23,26)(H,24,25). The number of nitrogens with zero attached hydrogens (tertiary/aromatic N) is 2. The Bertz CT molecular complexity index is 804. The minimum Gasteiger partial charge on any atom is -0.366 e. The molecule has 0 saturated carbocycles. The molecule has 0 aliphatic heterocycles. The molecule has 26 heavy (non-hydrogen) atoms. The molecule has 0 radical (unpaired) electrons. The van der Waals surface area contributed by atoms with Gasteiger partial charge >= 0.3 is 0 Å². The highest BCUT2D eigenvalue weighted by Gasteiger charge is 2.05. The van der Waals surface area contributed by atoms with Crippen molar-refractivity contribution in [1.29, 1.82) is 0 Å². The monoisotopic (exact) mass is 346 g/mol. The van der Waals surface area contributed by atoms with Gasteiger partial charge in [0, 0.05) is 31.7 Å². The lowest BCUT2D eigenvalue weighted by Crippen LogP contribution is -2.24. The Morgan fingerprint density at radius 2 is 1.77 bits per heavy atom. The lowest BCUT2D eigenvalue weighted by Gasteiger charge is -2.07. The Hall–Kier alpha value is -3.21. The van der Waals surface area contributed by atoms with Gasteiger partial charge in [-0.2, -0.15) is 0 Å². The Morgan fingerprint density at radius 1 is 0.923 bits per heavy atom. The van der Waals surface area contributed by atoms with Crippen molar-refractivity contribution in [1.82, 2.24) is 15.3 Å². The van der Waals surface area contributed by atoms with Crippen molar-refractivity contribution >= 4 is 11.7 Å². The number of aryl methyl sites for hydroxylation is 1. The number of hydrogen-bond acceptors (Lipinski definition) is 4. The third-order valence-corrected chi connectivity index (χ3v) is 3.99. The molecular formula is C21H22N4O. The van der Waals surface area contributed by atoms with Gasteiger partial charge in [-0.15, -0.1) is 0 Å². The van der Waals surface area contributed by atoms with E-state index in [4.69, 9.17) is 0 Å². The topological polar surface area (TPSA) is 66.9 Å². The van der Waals surface area contributed by atoms with E-state index >= 15 is 0 Å². The second-order valence-corrected chi connectivity index (χ2v) is 5.99. The molecule has 2 aromatic heterocycles. The smallest absolute Gasteiger partial charge is 0.252 e. The Morgan fingerprint density at radius 3 is 2.50 bits per heavy atom. The average molecular weight is 346 g/mol. The number of carbonyl (C=O) groups is 1. The first-order chi connectivity index (χ1) is 12.8. The van der Waals surface area contributed by atoms with Crippen LogP contribution in [0.5, 0.6) is 0 Å². The van der Waals surface area contributed by atoms with Gasteiger partial charge in [-0.25, -0.2) is 4.98 Å². The summed E-state index contributed by atoms with van der Waals surface area (Å²) in [6.45, 7) is 1.29. The van der Waals surface area contributed by atoms with Crippen LogP contribution in [0, 0.1) is 0 Å². The van der Waals surface area contributed by atoms with Crippen LogP contribution < -0.4 is 10.6 Å². The van der Waals surface area contributed by atoms with Gasteiger partial charge in [0.2, 0.25) is 0 Å². The molecular weight excluding hydrogens is 324 g/mol. The van der Waals surface area contributed by atoms with E-state index in [-0.39, 0.29) is 5.91 Å². The molecule has 0 aliphatic carbocycles. The van der Waals surface area contributed by atoms with Crippen molar-refractivity contribution in [3.05, 3.63) is 89.9 Å². The molecule has 5 nitrogen and oxygen atoms in total. The number of rotatable bonds is 8. The largest absolute Gasteiger partial charge is 0.366 e. The van der Waals surface area contributed by atoms with Crippen LogP contribution in [-0.2, 0) is 13.0 Å². The van der Waals surface area contributed by atoms with Gasteiger partial charge in [0.15, 0.2) is 0 Å². The molecule has 132 valence electrons. The molecule has 2 N–H and O–H groups in total. The van der Waals surface area contributed by atoms with E-state index in [0.717, 1.165) is 24.2 Å². The summed E-state index contributed by atoms with van der Waals surface area (Å²) in [6.07, 6.45) is 7.02. The molecule has 0 unspecified atom stereocenters. The van der Waals surface area contributed by atoms with Crippen LogP contribution in [0.2, 0.25) is 0 Å². The second-order valence-electron chi connectivity index (χ2n) is 5.99. The normalized spacial score (nSPS) is 10.3. The molecule has 0 atom stereocenters. The number of anilines is 1. The summed E-state index contributed by atoms with van der Waals surface area (Å²) in [4.78, 5) is 20.5. The molecule has 0 fully saturated rings. The van der Waals surface area contributed by atoms with Crippen LogP contribution in [0.1, 0.15) is 27.9 Å². The molecule has 0 spiro atoms. The third kappa shape index (κ3) is 5.41. The summed E-state index contributed by atoms with van der Waals surface area (Å²) >= 11 is 0. The highest BCUT2D eigenvalue weighted by atomic mass is 16.1. The number of pyridine rings is 2. The number of amides is 1. The van der Waals surface area contributed by atoms with Crippen LogP contribution in [-0.4, -0.2) is 22.4 Å². The van der Waals surface area contributed by atoms with Crippen LogP contribution >= 0.6 is 0 Å². The number of benzene rings is 1. The fraction of sp³-hybridized carbons (Fsp3) is 0.190. The first-order valence-electron chi connectivity index (χ1n) is 8.72. The van der Waals surface area contributed by atoms with Crippen LogP contribution in [0.15, 0.2) is 73.2 Å². The van der Waals surface area contributed by atoms with E-state index in [1.165, 1.54) is 5.56 Å². The second kappa shape index (κ2) is 9.32. The Balaban J connectivity index is 1.41. The quantitative estimate of drug-likeness (QED) is 0.613. The summed E-state index contributed by atoms with van der Waals surface area (Å²) < 4.78 is 0. The highest BCUT2D eigenvalue weighted by Crippen LogP contribution is 2.07. The molecule has 0 bridgehead atoms. The van der Waals surface area contributed by atoms with Gasteiger partial charge in [-0.1, -0.05) is 36.4 Å². The van der Waals surface area contributed by atoms with Crippen molar-refractivity contribution in [3.63, 3.8) is 0 Å². The summed E-state index contributed by atoms with van der Waals surface area (Å²) in [5.74, 6) is 0.638. The Kier molecular flexibility index (Phi) is 6.31. The lowest BCUT2D eigenvalue weighted by molar-refractivity contribution is 0.0953. The zero-order valence-corrected chi connectivity index (χ0v) is 14.6. The predicted molar refractivity (Wildman–Crippen MR) is 103 cm³/mol. The number of aromatic nitrogens is 2. The first kappa shape index (κ1) is 17.6. The van der Waals surface area contributed by atoms with E-state index in [0.29, 0.717) is 18.7 Å². The number of hydrogen-bond donors (Lipinski definition) is 2. The predicted octanol–water partition coefficient (Wildman–Crippen LogP) is 3.45. The van der Waals surface area contributed by atoms with Crippen molar-refractivity contribution < 1.29 is 4.79 Å². The SMILES string of the molecule is O=C(NCCCc1ccccc1)c1ccc(NCc2cccnc2)nc1.